The fourth-order valence-electron chi connectivity index (χ4n) is 3.55. The Labute approximate surface area is 162 Å². The van der Waals surface area contributed by atoms with Crippen molar-refractivity contribution in [3.63, 3.8) is 0 Å². The smallest absolute Gasteiger partial charge is 0.225 e. The Hall–Kier alpha value is -2.83. The average molecular weight is 387 g/mol. The number of aromatic nitrogens is 1. The third-order valence-corrected chi connectivity index (χ3v) is 5.06. The van der Waals surface area contributed by atoms with Gasteiger partial charge in [-0.1, -0.05) is 0 Å². The van der Waals surface area contributed by atoms with Crippen LogP contribution in [0, 0.1) is 24.5 Å². The molecule has 1 aliphatic heterocycles. The highest BCUT2D eigenvalue weighted by molar-refractivity contribution is 5.90. The van der Waals surface area contributed by atoms with Gasteiger partial charge in [-0.25, -0.2) is 13.8 Å². The minimum Gasteiger partial charge on any atom is -0.343 e. The quantitative estimate of drug-likeness (QED) is 0.865. The lowest BCUT2D eigenvalue weighted by Crippen LogP contribution is -2.37. The van der Waals surface area contributed by atoms with E-state index in [0.29, 0.717) is 42.1 Å². The maximum atomic E-state index is 13.4. The monoisotopic (exact) mass is 387 g/mol. The summed E-state index contributed by atoms with van der Waals surface area (Å²) in [6.45, 7) is 4.65. The molecule has 1 fully saturated rings. The Morgan fingerprint density at radius 3 is 2.36 bits per heavy atom. The van der Waals surface area contributed by atoms with E-state index < -0.39 is 11.6 Å². The number of benzene rings is 1. The molecule has 1 aromatic carbocycles. The summed E-state index contributed by atoms with van der Waals surface area (Å²) in [5, 5.41) is 2.79. The number of halogens is 2. The van der Waals surface area contributed by atoms with Crippen molar-refractivity contribution in [1.82, 2.24) is 9.88 Å². The van der Waals surface area contributed by atoms with E-state index in [2.05, 4.69) is 10.3 Å². The molecule has 1 saturated heterocycles. The Morgan fingerprint density at radius 1 is 1.14 bits per heavy atom. The largest absolute Gasteiger partial charge is 0.343 e. The van der Waals surface area contributed by atoms with Gasteiger partial charge in [-0.15, -0.1) is 0 Å². The van der Waals surface area contributed by atoms with Gasteiger partial charge in [0, 0.05) is 43.8 Å². The second-order valence-corrected chi connectivity index (χ2v) is 7.19. The molecule has 1 aromatic heterocycles. The average Bonchev–Trinajstić information content (AvgIpc) is 2.61. The molecule has 0 radical (unpaired) electrons. The first kappa shape index (κ1) is 19.9. The minimum absolute atomic E-state index is 0.0702. The Morgan fingerprint density at radius 2 is 1.79 bits per heavy atom. The van der Waals surface area contributed by atoms with E-state index in [1.807, 2.05) is 0 Å². The van der Waals surface area contributed by atoms with Crippen molar-refractivity contribution < 1.29 is 18.4 Å². The van der Waals surface area contributed by atoms with Crippen LogP contribution in [-0.4, -0.2) is 34.8 Å². The minimum atomic E-state index is -0.650. The third kappa shape index (κ3) is 4.91. The predicted molar refractivity (Wildman–Crippen MR) is 103 cm³/mol. The van der Waals surface area contributed by atoms with Gasteiger partial charge in [0.15, 0.2) is 0 Å². The molecule has 0 spiro atoms. The number of carbonyl (C=O) groups is 2. The number of nitrogens with zero attached hydrogens (tertiary/aromatic N) is 2. The molecule has 3 rings (SSSR count). The Kier molecular flexibility index (Phi) is 6.02. The molecule has 2 aromatic rings. The molecule has 0 saturated carbocycles. The van der Waals surface area contributed by atoms with Gasteiger partial charge in [0.2, 0.25) is 11.8 Å². The van der Waals surface area contributed by atoms with Crippen molar-refractivity contribution in [3.8, 4) is 11.1 Å². The number of anilines is 1. The molecule has 1 aliphatic rings. The van der Waals surface area contributed by atoms with Crippen molar-refractivity contribution in [1.29, 1.82) is 0 Å². The molecular weight excluding hydrogens is 364 g/mol. The van der Waals surface area contributed by atoms with Crippen LogP contribution in [0.1, 0.15) is 31.9 Å². The number of amides is 2. The summed E-state index contributed by atoms with van der Waals surface area (Å²) < 4.78 is 26.9. The van der Waals surface area contributed by atoms with Crippen LogP contribution in [-0.2, 0) is 9.59 Å². The maximum Gasteiger partial charge on any atom is 0.225 e. The van der Waals surface area contributed by atoms with Crippen molar-refractivity contribution in [2.24, 2.45) is 5.92 Å². The molecule has 2 heterocycles. The van der Waals surface area contributed by atoms with Crippen molar-refractivity contribution in [2.75, 3.05) is 18.4 Å². The summed E-state index contributed by atoms with van der Waals surface area (Å²) in [6, 6.07) is 6.64. The molecule has 1 N–H and O–H groups in total. The number of hydrogen-bond donors (Lipinski definition) is 1. The fourth-order valence-corrected chi connectivity index (χ4v) is 3.55. The Balaban J connectivity index is 1.61. The zero-order chi connectivity index (χ0) is 20.3. The molecule has 2 amide bonds. The van der Waals surface area contributed by atoms with E-state index in [4.69, 9.17) is 0 Å². The van der Waals surface area contributed by atoms with Gasteiger partial charge in [-0.05, 0) is 55.5 Å². The van der Waals surface area contributed by atoms with E-state index in [1.54, 1.807) is 30.9 Å². The molecule has 5 nitrogen and oxygen atoms in total. The van der Waals surface area contributed by atoms with E-state index in [1.165, 1.54) is 12.1 Å². The van der Waals surface area contributed by atoms with Crippen LogP contribution in [0.5, 0.6) is 0 Å². The highest BCUT2D eigenvalue weighted by atomic mass is 19.1. The van der Waals surface area contributed by atoms with Gasteiger partial charge < -0.3 is 10.2 Å². The summed E-state index contributed by atoms with van der Waals surface area (Å²) in [5.74, 6) is -0.709. The number of rotatable bonds is 4. The van der Waals surface area contributed by atoms with Gasteiger partial charge in [-0.3, -0.25) is 9.59 Å². The third-order valence-electron chi connectivity index (χ3n) is 5.06. The number of aryl methyl sites for hydroxylation is 1. The number of likely N-dealkylation sites (tertiary alicyclic amines) is 1. The van der Waals surface area contributed by atoms with Crippen LogP contribution in [0.15, 0.2) is 30.3 Å². The SMILES string of the molecule is CC(=O)N1CCC(CC(=O)Nc2ccc(-c3cc(F)cc(F)c3)c(C)n2)CC1. The molecule has 148 valence electrons. The van der Waals surface area contributed by atoms with Crippen molar-refractivity contribution in [3.05, 3.63) is 47.7 Å². The number of piperidine rings is 1. The van der Waals surface area contributed by atoms with E-state index >= 15 is 0 Å². The highest BCUT2D eigenvalue weighted by Gasteiger charge is 2.23. The van der Waals surface area contributed by atoms with E-state index in [0.717, 1.165) is 18.9 Å². The van der Waals surface area contributed by atoms with Crippen molar-refractivity contribution in [2.45, 2.75) is 33.1 Å². The van der Waals surface area contributed by atoms with E-state index in [9.17, 15) is 18.4 Å². The van der Waals surface area contributed by atoms with Crippen LogP contribution in [0.2, 0.25) is 0 Å². The lowest BCUT2D eigenvalue weighted by Gasteiger charge is -2.30. The summed E-state index contributed by atoms with van der Waals surface area (Å²) >= 11 is 0. The van der Waals surface area contributed by atoms with E-state index in [-0.39, 0.29) is 17.7 Å². The van der Waals surface area contributed by atoms with Gasteiger partial charge in [-0.2, -0.15) is 0 Å². The van der Waals surface area contributed by atoms with Gasteiger partial charge >= 0.3 is 0 Å². The molecular formula is C21H23F2N3O2. The predicted octanol–water partition coefficient (Wildman–Crippen LogP) is 3.92. The summed E-state index contributed by atoms with van der Waals surface area (Å²) in [6.07, 6.45) is 2.00. The molecule has 7 heteroatoms. The van der Waals surface area contributed by atoms with Gasteiger partial charge in [0.1, 0.15) is 17.5 Å². The first-order valence-corrected chi connectivity index (χ1v) is 9.31. The molecule has 0 bridgehead atoms. The van der Waals surface area contributed by atoms with Gasteiger partial charge in [0.05, 0.1) is 0 Å². The topological polar surface area (TPSA) is 62.3 Å². The summed E-state index contributed by atoms with van der Waals surface area (Å²) in [4.78, 5) is 29.8. The molecule has 28 heavy (non-hydrogen) atoms. The van der Waals surface area contributed by atoms with Crippen LogP contribution in [0.3, 0.4) is 0 Å². The standard InChI is InChI=1S/C21H23F2N3O2/c1-13-19(16-10-17(22)12-18(23)11-16)3-4-20(24-13)25-21(28)9-15-5-7-26(8-6-15)14(2)27/h3-4,10-12,15H,5-9H2,1-2H3,(H,24,25,28). The second kappa shape index (κ2) is 8.46. The summed E-state index contributed by atoms with van der Waals surface area (Å²) in [7, 11) is 0. The zero-order valence-corrected chi connectivity index (χ0v) is 16.0. The van der Waals surface area contributed by atoms with Crippen LogP contribution in [0.4, 0.5) is 14.6 Å². The van der Waals surface area contributed by atoms with Crippen LogP contribution in [0.25, 0.3) is 11.1 Å². The van der Waals surface area contributed by atoms with Crippen molar-refractivity contribution >= 4 is 17.6 Å². The van der Waals surface area contributed by atoms with Crippen LogP contribution >= 0.6 is 0 Å². The van der Waals surface area contributed by atoms with Gasteiger partial charge in [0.25, 0.3) is 0 Å². The number of pyridine rings is 1. The lowest BCUT2D eigenvalue weighted by molar-refractivity contribution is -0.130. The molecule has 0 unspecified atom stereocenters. The number of carbonyl (C=O) groups excluding carboxylic acids is 2. The molecule has 0 atom stereocenters. The summed E-state index contributed by atoms with van der Waals surface area (Å²) in [5.41, 5.74) is 1.57. The normalized spacial score (nSPS) is 14.8. The van der Waals surface area contributed by atoms with Crippen LogP contribution < -0.4 is 5.32 Å². The fraction of sp³-hybridized carbons (Fsp3) is 0.381. The zero-order valence-electron chi connectivity index (χ0n) is 16.0. The number of hydrogen-bond acceptors (Lipinski definition) is 3. The highest BCUT2D eigenvalue weighted by Crippen LogP contribution is 2.26. The first-order chi connectivity index (χ1) is 13.3. The first-order valence-electron chi connectivity index (χ1n) is 9.31. The molecule has 0 aliphatic carbocycles. The Bertz CT molecular complexity index is 873. The number of nitrogens with one attached hydrogen (secondary N) is 1. The lowest BCUT2D eigenvalue weighted by atomic mass is 9.93. The maximum absolute atomic E-state index is 13.4. The second-order valence-electron chi connectivity index (χ2n) is 7.19.